The number of benzene rings is 2. The summed E-state index contributed by atoms with van der Waals surface area (Å²) in [6.07, 6.45) is 0.802. The summed E-state index contributed by atoms with van der Waals surface area (Å²) in [5.41, 5.74) is 6.00. The molecule has 2 rings (SSSR count). The Kier molecular flexibility index (Phi) is 4.54. The Labute approximate surface area is 125 Å². The minimum atomic E-state index is -0.0899. The Morgan fingerprint density at radius 3 is 2.26 bits per heavy atom. The van der Waals surface area contributed by atoms with Crippen LogP contribution >= 0.6 is 23.2 Å². The van der Waals surface area contributed by atoms with E-state index < -0.39 is 0 Å². The second-order valence-corrected chi connectivity index (χ2v) is 5.99. The Morgan fingerprint density at radius 1 is 0.947 bits per heavy atom. The third-order valence-electron chi connectivity index (χ3n) is 3.61. The molecule has 0 saturated carbocycles. The fraction of sp³-hybridized carbons (Fsp3) is 0.294. The molecule has 1 unspecified atom stereocenters. The van der Waals surface area contributed by atoms with E-state index in [1.807, 2.05) is 18.2 Å². The van der Waals surface area contributed by atoms with Gasteiger partial charge < -0.3 is 0 Å². The van der Waals surface area contributed by atoms with Crippen molar-refractivity contribution < 1.29 is 0 Å². The Balaban J connectivity index is 2.28. The van der Waals surface area contributed by atoms with Crippen LogP contribution in [0.1, 0.15) is 33.2 Å². The third kappa shape index (κ3) is 3.32. The lowest BCUT2D eigenvalue weighted by Gasteiger charge is -2.15. The van der Waals surface area contributed by atoms with Gasteiger partial charge in [-0.25, -0.2) is 0 Å². The summed E-state index contributed by atoms with van der Waals surface area (Å²) in [7, 11) is 0. The largest absolute Gasteiger partial charge is 0.117 e. The molecule has 19 heavy (non-hydrogen) atoms. The fourth-order valence-electron chi connectivity index (χ4n) is 2.19. The number of halogens is 2. The van der Waals surface area contributed by atoms with Crippen molar-refractivity contribution in [1.29, 1.82) is 0 Å². The average Bonchev–Trinajstić information content (AvgIpc) is 2.36. The second-order valence-electron chi connectivity index (χ2n) is 5.06. The lowest BCUT2D eigenvalue weighted by atomic mass is 9.98. The molecule has 0 aromatic heterocycles. The van der Waals surface area contributed by atoms with Crippen molar-refractivity contribution >= 4 is 23.2 Å². The minimum absolute atomic E-state index is 0.0899. The summed E-state index contributed by atoms with van der Waals surface area (Å²) in [5, 5.41) is 0.671. The molecule has 0 aliphatic heterocycles. The van der Waals surface area contributed by atoms with Gasteiger partial charge in [0.05, 0.1) is 5.38 Å². The highest BCUT2D eigenvalue weighted by atomic mass is 35.5. The Hall–Kier alpha value is -0.980. The van der Waals surface area contributed by atoms with E-state index in [2.05, 4.69) is 39.0 Å². The molecule has 0 bridgehead atoms. The molecule has 2 aromatic carbocycles. The standard InChI is InChI=1S/C17H18Cl2/c1-11-6-4-5-7-14(11)10-17(19)15-8-12(2)13(3)9-16(15)18/h4-9,17H,10H2,1-3H3. The van der Waals surface area contributed by atoms with Crippen LogP contribution in [0.15, 0.2) is 36.4 Å². The van der Waals surface area contributed by atoms with Gasteiger partial charge in [0.1, 0.15) is 0 Å². The van der Waals surface area contributed by atoms with Crippen LogP contribution in [0.2, 0.25) is 5.02 Å². The topological polar surface area (TPSA) is 0 Å². The van der Waals surface area contributed by atoms with Crippen LogP contribution in [0.4, 0.5) is 0 Å². The fourth-order valence-corrected chi connectivity index (χ4v) is 2.94. The molecule has 0 spiro atoms. The van der Waals surface area contributed by atoms with Gasteiger partial charge in [-0.3, -0.25) is 0 Å². The van der Waals surface area contributed by atoms with Crippen molar-refractivity contribution in [3.05, 3.63) is 69.2 Å². The monoisotopic (exact) mass is 292 g/mol. The number of hydrogen-bond donors (Lipinski definition) is 0. The Morgan fingerprint density at radius 2 is 1.58 bits per heavy atom. The maximum atomic E-state index is 6.56. The van der Waals surface area contributed by atoms with Crippen molar-refractivity contribution in [3.8, 4) is 0 Å². The maximum absolute atomic E-state index is 6.56. The van der Waals surface area contributed by atoms with Crippen LogP contribution in [-0.2, 0) is 6.42 Å². The zero-order valence-corrected chi connectivity index (χ0v) is 13.0. The molecule has 100 valence electrons. The van der Waals surface area contributed by atoms with Crippen molar-refractivity contribution in [2.45, 2.75) is 32.6 Å². The van der Waals surface area contributed by atoms with E-state index >= 15 is 0 Å². The molecule has 0 radical (unpaired) electrons. The summed E-state index contributed by atoms with van der Waals surface area (Å²) in [6, 6.07) is 12.4. The van der Waals surface area contributed by atoms with Gasteiger partial charge in [-0.2, -0.15) is 0 Å². The van der Waals surface area contributed by atoms with Crippen LogP contribution in [0.5, 0.6) is 0 Å². The van der Waals surface area contributed by atoms with Crippen molar-refractivity contribution in [2.75, 3.05) is 0 Å². The molecular formula is C17H18Cl2. The summed E-state index contributed by atoms with van der Waals surface area (Å²) < 4.78 is 0. The minimum Gasteiger partial charge on any atom is -0.117 e. The van der Waals surface area contributed by atoms with E-state index in [1.54, 1.807) is 0 Å². The highest BCUT2D eigenvalue weighted by Gasteiger charge is 2.14. The van der Waals surface area contributed by atoms with Gasteiger partial charge in [-0.1, -0.05) is 41.9 Å². The Bertz CT molecular complexity index is 588. The van der Waals surface area contributed by atoms with E-state index in [-0.39, 0.29) is 5.38 Å². The highest BCUT2D eigenvalue weighted by molar-refractivity contribution is 6.32. The number of aryl methyl sites for hydroxylation is 3. The number of rotatable bonds is 3. The highest BCUT2D eigenvalue weighted by Crippen LogP contribution is 2.33. The van der Waals surface area contributed by atoms with Gasteiger partial charge in [-0.15, -0.1) is 11.6 Å². The molecule has 2 aromatic rings. The van der Waals surface area contributed by atoms with E-state index in [0.717, 1.165) is 17.0 Å². The average molecular weight is 293 g/mol. The first kappa shape index (κ1) is 14.4. The van der Waals surface area contributed by atoms with Crippen LogP contribution in [0.25, 0.3) is 0 Å². The SMILES string of the molecule is Cc1cc(Cl)c(C(Cl)Cc2ccccc2C)cc1C. The summed E-state index contributed by atoms with van der Waals surface area (Å²) in [6.45, 7) is 6.27. The number of alkyl halides is 1. The molecule has 2 heteroatoms. The third-order valence-corrected chi connectivity index (χ3v) is 4.33. The molecule has 0 nitrogen and oxygen atoms in total. The van der Waals surface area contributed by atoms with Gasteiger partial charge in [0.25, 0.3) is 0 Å². The van der Waals surface area contributed by atoms with Crippen LogP contribution < -0.4 is 0 Å². The lowest BCUT2D eigenvalue weighted by Crippen LogP contribution is -2.00. The summed E-state index contributed by atoms with van der Waals surface area (Å²) >= 11 is 12.9. The number of hydrogen-bond acceptors (Lipinski definition) is 0. The zero-order valence-electron chi connectivity index (χ0n) is 11.5. The molecule has 1 atom stereocenters. The van der Waals surface area contributed by atoms with Crippen molar-refractivity contribution in [2.24, 2.45) is 0 Å². The predicted molar refractivity (Wildman–Crippen MR) is 84.4 cm³/mol. The van der Waals surface area contributed by atoms with Gasteiger partial charge in [0.2, 0.25) is 0 Å². The normalized spacial score (nSPS) is 12.5. The van der Waals surface area contributed by atoms with E-state index in [0.29, 0.717) is 0 Å². The van der Waals surface area contributed by atoms with Crippen molar-refractivity contribution in [1.82, 2.24) is 0 Å². The molecule has 0 amide bonds. The van der Waals surface area contributed by atoms with E-state index in [4.69, 9.17) is 23.2 Å². The quantitative estimate of drug-likeness (QED) is 0.628. The van der Waals surface area contributed by atoms with Crippen LogP contribution in [-0.4, -0.2) is 0 Å². The van der Waals surface area contributed by atoms with Crippen LogP contribution in [0, 0.1) is 20.8 Å². The molecule has 0 heterocycles. The summed E-state index contributed by atoms with van der Waals surface area (Å²) in [5.74, 6) is 0. The van der Waals surface area contributed by atoms with E-state index in [1.165, 1.54) is 22.3 Å². The van der Waals surface area contributed by atoms with Gasteiger partial charge in [0, 0.05) is 5.02 Å². The molecule has 0 fully saturated rings. The zero-order chi connectivity index (χ0) is 14.0. The van der Waals surface area contributed by atoms with Gasteiger partial charge in [0.15, 0.2) is 0 Å². The molecule has 0 N–H and O–H groups in total. The second kappa shape index (κ2) is 5.98. The van der Waals surface area contributed by atoms with Crippen LogP contribution in [0.3, 0.4) is 0 Å². The lowest BCUT2D eigenvalue weighted by molar-refractivity contribution is 0.908. The molecule has 0 aliphatic rings. The summed E-state index contributed by atoms with van der Waals surface area (Å²) in [4.78, 5) is 0. The van der Waals surface area contributed by atoms with E-state index in [9.17, 15) is 0 Å². The van der Waals surface area contributed by atoms with Gasteiger partial charge in [-0.05, 0) is 61.1 Å². The molecule has 0 aliphatic carbocycles. The predicted octanol–water partition coefficient (Wildman–Crippen LogP) is 5.79. The maximum Gasteiger partial charge on any atom is 0.0640 e. The first-order valence-corrected chi connectivity index (χ1v) is 7.25. The van der Waals surface area contributed by atoms with Gasteiger partial charge >= 0.3 is 0 Å². The molecular weight excluding hydrogens is 275 g/mol. The first-order chi connectivity index (χ1) is 8.99. The molecule has 0 saturated heterocycles. The van der Waals surface area contributed by atoms with Crippen molar-refractivity contribution in [3.63, 3.8) is 0 Å². The smallest absolute Gasteiger partial charge is 0.0640 e. The first-order valence-electron chi connectivity index (χ1n) is 6.44.